The lowest BCUT2D eigenvalue weighted by Crippen LogP contribution is -2.43. The van der Waals surface area contributed by atoms with Crippen molar-refractivity contribution in [1.82, 2.24) is 20.3 Å². The number of amides is 1. The van der Waals surface area contributed by atoms with Gasteiger partial charge >= 0.3 is 0 Å². The summed E-state index contributed by atoms with van der Waals surface area (Å²) in [4.78, 5) is 12.1. The van der Waals surface area contributed by atoms with Gasteiger partial charge in [-0.25, -0.2) is 4.68 Å². The summed E-state index contributed by atoms with van der Waals surface area (Å²) >= 11 is 9.26. The summed E-state index contributed by atoms with van der Waals surface area (Å²) in [5.41, 5.74) is 0.881. The van der Waals surface area contributed by atoms with Crippen LogP contribution in [0.3, 0.4) is 0 Å². The summed E-state index contributed by atoms with van der Waals surface area (Å²) < 4.78 is 2.46. The molecular weight excluding hydrogens is 346 g/mol. The molecule has 0 unspecified atom stereocenters. The van der Waals surface area contributed by atoms with Gasteiger partial charge in [0.15, 0.2) is 5.69 Å². The minimum Gasteiger partial charge on any atom is -0.319 e. The van der Waals surface area contributed by atoms with Crippen LogP contribution in [0.1, 0.15) is 16.5 Å². The molecule has 1 aliphatic heterocycles. The summed E-state index contributed by atoms with van der Waals surface area (Å²) in [6, 6.07) is 5.46. The van der Waals surface area contributed by atoms with E-state index in [4.69, 9.17) is 11.6 Å². The van der Waals surface area contributed by atoms with Crippen LogP contribution < -0.4 is 10.6 Å². The van der Waals surface area contributed by atoms with E-state index in [-0.39, 0.29) is 17.6 Å². The van der Waals surface area contributed by atoms with Gasteiger partial charge in [-0.1, -0.05) is 16.8 Å². The molecule has 1 aromatic carbocycles. The molecule has 1 amide bonds. The van der Waals surface area contributed by atoms with E-state index in [0.29, 0.717) is 10.7 Å². The molecule has 1 aliphatic rings. The van der Waals surface area contributed by atoms with Gasteiger partial charge in [-0.2, -0.15) is 0 Å². The Morgan fingerprint density at radius 2 is 2.30 bits per heavy atom. The molecular formula is C12H11BrClN5O. The molecule has 0 radical (unpaired) electrons. The van der Waals surface area contributed by atoms with Crippen LogP contribution >= 0.6 is 27.5 Å². The van der Waals surface area contributed by atoms with Gasteiger partial charge < -0.3 is 10.6 Å². The lowest BCUT2D eigenvalue weighted by Gasteiger charge is -2.26. The number of nitrogens with one attached hydrogen (secondary N) is 2. The van der Waals surface area contributed by atoms with Gasteiger partial charge in [-0.05, 0) is 34.1 Å². The topological polar surface area (TPSA) is 71.8 Å². The third-order valence-electron chi connectivity index (χ3n) is 3.05. The fourth-order valence-corrected chi connectivity index (χ4v) is 2.32. The summed E-state index contributed by atoms with van der Waals surface area (Å²) in [5, 5.41) is 14.3. The van der Waals surface area contributed by atoms with E-state index in [1.165, 1.54) is 0 Å². The molecule has 0 bridgehead atoms. The molecule has 0 spiro atoms. The fourth-order valence-electron chi connectivity index (χ4n) is 1.80. The maximum atomic E-state index is 12.1. The Morgan fingerprint density at radius 3 is 3.00 bits per heavy atom. The van der Waals surface area contributed by atoms with E-state index in [1.54, 1.807) is 29.1 Å². The minimum absolute atomic E-state index is 0.280. The van der Waals surface area contributed by atoms with Crippen molar-refractivity contribution in [2.24, 2.45) is 0 Å². The van der Waals surface area contributed by atoms with Crippen LogP contribution in [-0.4, -0.2) is 34.0 Å². The normalized spacial score (nSPS) is 14.9. The molecule has 104 valence electrons. The van der Waals surface area contributed by atoms with Crippen molar-refractivity contribution in [3.63, 3.8) is 0 Å². The second-order valence-corrected chi connectivity index (χ2v) is 5.76. The van der Waals surface area contributed by atoms with E-state index in [0.717, 1.165) is 17.6 Å². The minimum atomic E-state index is -0.313. The monoisotopic (exact) mass is 355 g/mol. The first-order chi connectivity index (χ1) is 9.63. The molecule has 1 saturated heterocycles. The highest BCUT2D eigenvalue weighted by atomic mass is 79.9. The Morgan fingerprint density at radius 1 is 1.50 bits per heavy atom. The van der Waals surface area contributed by atoms with Crippen molar-refractivity contribution in [2.45, 2.75) is 6.04 Å². The number of carbonyl (C=O) groups excluding carboxylic acids is 1. The molecule has 0 saturated carbocycles. The predicted octanol–water partition coefficient (Wildman–Crippen LogP) is 2.09. The van der Waals surface area contributed by atoms with Crippen molar-refractivity contribution in [1.29, 1.82) is 0 Å². The molecule has 2 heterocycles. The van der Waals surface area contributed by atoms with Gasteiger partial charge in [0, 0.05) is 22.6 Å². The van der Waals surface area contributed by atoms with Crippen LogP contribution in [0.15, 0.2) is 28.9 Å². The first kappa shape index (κ1) is 13.5. The van der Waals surface area contributed by atoms with E-state index < -0.39 is 0 Å². The number of halogens is 2. The van der Waals surface area contributed by atoms with Crippen LogP contribution in [0.2, 0.25) is 5.02 Å². The zero-order valence-corrected chi connectivity index (χ0v) is 12.6. The van der Waals surface area contributed by atoms with Gasteiger partial charge in [-0.3, -0.25) is 4.79 Å². The van der Waals surface area contributed by atoms with E-state index in [1.807, 2.05) is 0 Å². The second kappa shape index (κ2) is 5.51. The Labute approximate surface area is 128 Å². The molecule has 3 rings (SSSR count). The lowest BCUT2D eigenvalue weighted by molar-refractivity contribution is 0.102. The van der Waals surface area contributed by atoms with Gasteiger partial charge in [0.1, 0.15) is 0 Å². The van der Waals surface area contributed by atoms with Gasteiger partial charge in [0.2, 0.25) is 0 Å². The number of benzene rings is 1. The highest BCUT2D eigenvalue weighted by molar-refractivity contribution is 9.10. The molecule has 2 N–H and O–H groups in total. The van der Waals surface area contributed by atoms with Gasteiger partial charge in [0.05, 0.1) is 17.9 Å². The maximum absolute atomic E-state index is 12.1. The first-order valence-electron chi connectivity index (χ1n) is 6.02. The number of nitrogens with zero attached hydrogens (tertiary/aromatic N) is 3. The quantitative estimate of drug-likeness (QED) is 0.883. The average molecular weight is 357 g/mol. The van der Waals surface area contributed by atoms with E-state index >= 15 is 0 Å². The summed E-state index contributed by atoms with van der Waals surface area (Å²) in [6.07, 6.45) is 1.65. The zero-order chi connectivity index (χ0) is 14.1. The van der Waals surface area contributed by atoms with Gasteiger partial charge in [-0.15, -0.1) is 5.10 Å². The SMILES string of the molecule is O=C(Nc1cc(Cl)ccc1Br)c1cn(C2CNC2)nn1. The van der Waals surface area contributed by atoms with Crippen molar-refractivity contribution < 1.29 is 4.79 Å². The van der Waals surface area contributed by atoms with Crippen LogP contribution in [0.5, 0.6) is 0 Å². The van der Waals surface area contributed by atoms with Crippen molar-refractivity contribution >= 4 is 39.1 Å². The Hall–Kier alpha value is -1.44. The van der Waals surface area contributed by atoms with Crippen LogP contribution in [-0.2, 0) is 0 Å². The van der Waals surface area contributed by atoms with Crippen LogP contribution in [0.25, 0.3) is 0 Å². The second-order valence-electron chi connectivity index (χ2n) is 4.47. The van der Waals surface area contributed by atoms with Crippen molar-refractivity contribution in [3.8, 4) is 0 Å². The Bertz CT molecular complexity index is 655. The van der Waals surface area contributed by atoms with Crippen LogP contribution in [0.4, 0.5) is 5.69 Å². The molecule has 20 heavy (non-hydrogen) atoms. The number of carbonyl (C=O) groups is 1. The van der Waals surface area contributed by atoms with Gasteiger partial charge in [0.25, 0.3) is 5.91 Å². The standard InChI is InChI=1S/C12H11BrClN5O/c13-9-2-1-7(14)3-10(9)16-12(20)11-6-19(18-17-11)8-4-15-5-8/h1-3,6,8,15H,4-5H2,(H,16,20). The van der Waals surface area contributed by atoms with Crippen molar-refractivity contribution in [3.05, 3.63) is 39.6 Å². The Kier molecular flexibility index (Phi) is 3.73. The molecule has 2 aromatic rings. The highest BCUT2D eigenvalue weighted by Gasteiger charge is 2.21. The summed E-state index contributed by atoms with van der Waals surface area (Å²) in [5.74, 6) is -0.313. The number of anilines is 1. The molecule has 6 nitrogen and oxygen atoms in total. The number of aromatic nitrogens is 3. The zero-order valence-electron chi connectivity index (χ0n) is 10.3. The summed E-state index contributed by atoms with van der Waals surface area (Å²) in [6.45, 7) is 1.70. The number of rotatable bonds is 3. The van der Waals surface area contributed by atoms with E-state index in [9.17, 15) is 4.79 Å². The Balaban J connectivity index is 1.75. The molecule has 0 aliphatic carbocycles. The van der Waals surface area contributed by atoms with Crippen LogP contribution in [0, 0.1) is 0 Å². The third-order valence-corrected chi connectivity index (χ3v) is 3.98. The average Bonchev–Trinajstić information content (AvgIpc) is 2.81. The first-order valence-corrected chi connectivity index (χ1v) is 7.19. The fraction of sp³-hybridized carbons (Fsp3) is 0.250. The summed E-state index contributed by atoms with van der Waals surface area (Å²) in [7, 11) is 0. The largest absolute Gasteiger partial charge is 0.319 e. The lowest BCUT2D eigenvalue weighted by atomic mass is 10.2. The molecule has 1 aromatic heterocycles. The smallest absolute Gasteiger partial charge is 0.277 e. The third kappa shape index (κ3) is 2.70. The number of hydrogen-bond donors (Lipinski definition) is 2. The predicted molar refractivity (Wildman–Crippen MR) is 79.0 cm³/mol. The molecule has 0 atom stereocenters. The number of hydrogen-bond acceptors (Lipinski definition) is 4. The molecule has 8 heteroatoms. The maximum Gasteiger partial charge on any atom is 0.277 e. The molecule has 1 fully saturated rings. The van der Waals surface area contributed by atoms with Crippen molar-refractivity contribution in [2.75, 3.05) is 18.4 Å². The van der Waals surface area contributed by atoms with E-state index in [2.05, 4.69) is 36.9 Å². The highest BCUT2D eigenvalue weighted by Crippen LogP contribution is 2.26.